The molecule has 1 spiro atoms. The molecule has 0 aromatic heterocycles. The van der Waals surface area contributed by atoms with Gasteiger partial charge in [-0.3, -0.25) is 0 Å². The molecule has 0 saturated heterocycles. The Morgan fingerprint density at radius 3 is 2.22 bits per heavy atom. The second-order valence-electron chi connectivity index (χ2n) is 4.45. The summed E-state index contributed by atoms with van der Waals surface area (Å²) in [4.78, 5) is 10.5. The summed E-state index contributed by atoms with van der Waals surface area (Å²) in [6.07, 6.45) is 4.98. The maximum Gasteiger partial charge on any atom is 0.126 e. The van der Waals surface area contributed by atoms with E-state index in [-0.39, 0.29) is 5.41 Å². The van der Waals surface area contributed by atoms with E-state index < -0.39 is 0 Å². The maximum atomic E-state index is 10.5. The molecular formula is C8H10O. The SMILES string of the molecule is CC12CC3(C=O)CC13C2. The zero-order chi connectivity index (χ0) is 6.33. The van der Waals surface area contributed by atoms with Gasteiger partial charge in [0.15, 0.2) is 0 Å². The highest BCUT2D eigenvalue weighted by atomic mass is 16.1. The van der Waals surface area contributed by atoms with Crippen molar-refractivity contribution in [2.24, 2.45) is 16.2 Å². The van der Waals surface area contributed by atoms with Crippen LogP contribution in [-0.2, 0) is 4.79 Å². The summed E-state index contributed by atoms with van der Waals surface area (Å²) in [7, 11) is 0. The molecule has 3 saturated carbocycles. The highest BCUT2D eigenvalue weighted by molar-refractivity contribution is 5.75. The molecule has 3 atom stereocenters. The van der Waals surface area contributed by atoms with Crippen molar-refractivity contribution in [1.29, 1.82) is 0 Å². The first kappa shape index (κ1) is 4.48. The van der Waals surface area contributed by atoms with Crippen LogP contribution in [0.5, 0.6) is 0 Å². The Kier molecular flexibility index (Phi) is 0.362. The molecule has 0 aromatic carbocycles. The molecule has 0 bridgehead atoms. The monoisotopic (exact) mass is 122 g/mol. The maximum absolute atomic E-state index is 10.5. The van der Waals surface area contributed by atoms with Crippen molar-refractivity contribution >= 4 is 6.29 Å². The Bertz CT molecular complexity index is 223. The molecule has 3 fully saturated rings. The van der Waals surface area contributed by atoms with Gasteiger partial charge in [-0.05, 0) is 30.1 Å². The molecule has 48 valence electrons. The lowest BCUT2D eigenvalue weighted by atomic mass is 9.77. The highest BCUT2D eigenvalue weighted by Gasteiger charge is 2.94. The fraction of sp³-hybridized carbons (Fsp3) is 0.875. The van der Waals surface area contributed by atoms with Crippen LogP contribution in [0.3, 0.4) is 0 Å². The zero-order valence-corrected chi connectivity index (χ0v) is 5.61. The summed E-state index contributed by atoms with van der Waals surface area (Å²) in [6, 6.07) is 0. The van der Waals surface area contributed by atoms with E-state index in [9.17, 15) is 4.79 Å². The first-order valence-electron chi connectivity index (χ1n) is 3.65. The molecule has 1 heteroatoms. The van der Waals surface area contributed by atoms with Gasteiger partial charge in [0.1, 0.15) is 6.29 Å². The summed E-state index contributed by atoms with van der Waals surface area (Å²) in [5.41, 5.74) is 1.43. The lowest BCUT2D eigenvalue weighted by molar-refractivity contribution is -0.115. The molecule has 3 rings (SSSR count). The Morgan fingerprint density at radius 1 is 1.33 bits per heavy atom. The van der Waals surface area contributed by atoms with Crippen LogP contribution in [0.2, 0.25) is 0 Å². The van der Waals surface area contributed by atoms with Crippen LogP contribution in [0.4, 0.5) is 0 Å². The van der Waals surface area contributed by atoms with Gasteiger partial charge in [0.25, 0.3) is 0 Å². The number of aldehydes is 1. The van der Waals surface area contributed by atoms with E-state index in [2.05, 4.69) is 6.92 Å². The molecule has 0 aliphatic heterocycles. The van der Waals surface area contributed by atoms with E-state index in [1.165, 1.54) is 25.5 Å². The molecule has 0 aromatic rings. The second-order valence-corrected chi connectivity index (χ2v) is 4.45. The number of hydrogen-bond donors (Lipinski definition) is 0. The summed E-state index contributed by atoms with van der Waals surface area (Å²) in [6.45, 7) is 2.32. The van der Waals surface area contributed by atoms with E-state index >= 15 is 0 Å². The van der Waals surface area contributed by atoms with Gasteiger partial charge < -0.3 is 4.79 Å². The van der Waals surface area contributed by atoms with Gasteiger partial charge in [-0.15, -0.1) is 0 Å². The van der Waals surface area contributed by atoms with Crippen molar-refractivity contribution in [1.82, 2.24) is 0 Å². The predicted octanol–water partition coefficient (Wildman–Crippen LogP) is 1.38. The Labute approximate surface area is 54.4 Å². The Morgan fingerprint density at radius 2 is 2.11 bits per heavy atom. The molecule has 1 nitrogen and oxygen atoms in total. The zero-order valence-electron chi connectivity index (χ0n) is 5.61. The standard InChI is InChI=1S/C8H10O/c1-6-2-7(5-9)4-8(6,7)3-6/h5H,2-4H2,1H3. The van der Waals surface area contributed by atoms with Crippen molar-refractivity contribution in [3.63, 3.8) is 0 Å². The average molecular weight is 122 g/mol. The first-order valence-corrected chi connectivity index (χ1v) is 3.65. The summed E-state index contributed by atoms with van der Waals surface area (Å²) in [5, 5.41) is 0. The molecule has 3 unspecified atom stereocenters. The van der Waals surface area contributed by atoms with E-state index in [1.54, 1.807) is 0 Å². The normalized spacial score (nSPS) is 73.4. The number of carbonyl (C=O) groups excluding carboxylic acids is 1. The summed E-state index contributed by atoms with van der Waals surface area (Å²) >= 11 is 0. The Balaban J connectivity index is 2.07. The van der Waals surface area contributed by atoms with Crippen LogP contribution in [0.15, 0.2) is 0 Å². The minimum Gasteiger partial charge on any atom is -0.303 e. The minimum absolute atomic E-state index is 0.224. The molecule has 3 aliphatic rings. The van der Waals surface area contributed by atoms with E-state index in [0.717, 1.165) is 0 Å². The Hall–Kier alpha value is -0.330. The van der Waals surface area contributed by atoms with Crippen LogP contribution in [-0.4, -0.2) is 6.29 Å². The van der Waals surface area contributed by atoms with Gasteiger partial charge in [0.05, 0.1) is 0 Å². The van der Waals surface area contributed by atoms with E-state index in [0.29, 0.717) is 10.8 Å². The molecule has 9 heavy (non-hydrogen) atoms. The van der Waals surface area contributed by atoms with E-state index in [4.69, 9.17) is 0 Å². The molecule has 0 N–H and O–H groups in total. The van der Waals surface area contributed by atoms with Crippen molar-refractivity contribution in [2.75, 3.05) is 0 Å². The lowest BCUT2D eigenvalue weighted by Gasteiger charge is -2.26. The third kappa shape index (κ3) is 0.205. The topological polar surface area (TPSA) is 17.1 Å². The van der Waals surface area contributed by atoms with Crippen LogP contribution in [0.1, 0.15) is 26.2 Å². The van der Waals surface area contributed by atoms with Crippen molar-refractivity contribution in [3.8, 4) is 0 Å². The number of hydrogen-bond acceptors (Lipinski definition) is 1. The number of rotatable bonds is 1. The number of carbonyl (C=O) groups is 1. The third-order valence-electron chi connectivity index (χ3n) is 4.10. The smallest absolute Gasteiger partial charge is 0.126 e. The van der Waals surface area contributed by atoms with Crippen LogP contribution >= 0.6 is 0 Å². The van der Waals surface area contributed by atoms with Crippen LogP contribution < -0.4 is 0 Å². The fourth-order valence-corrected chi connectivity index (χ4v) is 3.42. The second kappa shape index (κ2) is 0.727. The van der Waals surface area contributed by atoms with Crippen LogP contribution in [0, 0.1) is 16.2 Å². The van der Waals surface area contributed by atoms with Gasteiger partial charge in [-0.2, -0.15) is 0 Å². The molecule has 0 amide bonds. The first-order chi connectivity index (χ1) is 4.18. The molecule has 0 heterocycles. The van der Waals surface area contributed by atoms with Crippen molar-refractivity contribution < 1.29 is 4.79 Å². The van der Waals surface area contributed by atoms with Gasteiger partial charge >= 0.3 is 0 Å². The lowest BCUT2D eigenvalue weighted by Crippen LogP contribution is -2.24. The van der Waals surface area contributed by atoms with Crippen molar-refractivity contribution in [3.05, 3.63) is 0 Å². The molecular weight excluding hydrogens is 112 g/mol. The average Bonchev–Trinajstić information content (AvgIpc) is 2.52. The fourth-order valence-electron chi connectivity index (χ4n) is 3.42. The molecule has 0 radical (unpaired) electrons. The summed E-state index contributed by atoms with van der Waals surface area (Å²) < 4.78 is 0. The quantitative estimate of drug-likeness (QED) is 0.480. The highest BCUT2D eigenvalue weighted by Crippen LogP contribution is 2.99. The van der Waals surface area contributed by atoms with Crippen LogP contribution in [0.25, 0.3) is 0 Å². The van der Waals surface area contributed by atoms with Gasteiger partial charge in [0.2, 0.25) is 0 Å². The largest absolute Gasteiger partial charge is 0.303 e. The van der Waals surface area contributed by atoms with Gasteiger partial charge in [-0.25, -0.2) is 0 Å². The van der Waals surface area contributed by atoms with E-state index in [1.807, 2.05) is 0 Å². The van der Waals surface area contributed by atoms with Gasteiger partial charge in [-0.1, -0.05) is 6.92 Å². The predicted molar refractivity (Wildman–Crippen MR) is 32.9 cm³/mol. The minimum atomic E-state index is 0.224. The molecule has 3 aliphatic carbocycles. The third-order valence-corrected chi connectivity index (χ3v) is 4.10. The van der Waals surface area contributed by atoms with Gasteiger partial charge in [0, 0.05) is 5.41 Å². The van der Waals surface area contributed by atoms with Crippen molar-refractivity contribution in [2.45, 2.75) is 26.2 Å². The summed E-state index contributed by atoms with van der Waals surface area (Å²) in [5.74, 6) is 0.